The number of rotatable bonds is 6. The van der Waals surface area contributed by atoms with Crippen LogP contribution in [0.3, 0.4) is 0 Å². The number of fused-ring (bicyclic) bond motifs is 2. The Bertz CT molecular complexity index is 392. The van der Waals surface area contributed by atoms with Crippen LogP contribution in [0.25, 0.3) is 0 Å². The van der Waals surface area contributed by atoms with Gasteiger partial charge in [0, 0.05) is 25.2 Å². The summed E-state index contributed by atoms with van der Waals surface area (Å²) in [4.78, 5) is 14.5. The molecule has 4 fully saturated rings. The van der Waals surface area contributed by atoms with Crippen LogP contribution >= 0.6 is 0 Å². The Morgan fingerprint density at radius 3 is 2.47 bits per heavy atom. The highest BCUT2D eigenvalue weighted by molar-refractivity contribution is 5.80. The number of hydrogen-bond donors (Lipinski definition) is 2. The molecule has 2 N–H and O–H groups in total. The molecule has 0 spiro atoms. The third-order valence-electron chi connectivity index (χ3n) is 5.67. The van der Waals surface area contributed by atoms with Crippen molar-refractivity contribution >= 4 is 5.97 Å². The fraction of sp³-hybridized carbons (Fsp3) is 0.933. The largest absolute Gasteiger partial charge is 0.480 e. The van der Waals surface area contributed by atoms with Gasteiger partial charge in [0.1, 0.15) is 5.54 Å². The molecule has 4 aliphatic rings. The minimum atomic E-state index is -0.647. The van der Waals surface area contributed by atoms with E-state index in [9.17, 15) is 9.90 Å². The molecule has 4 heteroatoms. The molecule has 0 radical (unpaired) electrons. The minimum Gasteiger partial charge on any atom is -0.480 e. The highest BCUT2D eigenvalue weighted by atomic mass is 16.4. The van der Waals surface area contributed by atoms with Crippen LogP contribution in [0, 0.1) is 11.8 Å². The zero-order valence-electron chi connectivity index (χ0n) is 11.5. The first-order chi connectivity index (χ1) is 9.17. The molecule has 19 heavy (non-hydrogen) atoms. The lowest BCUT2D eigenvalue weighted by Crippen LogP contribution is -2.62. The van der Waals surface area contributed by atoms with Crippen LogP contribution < -0.4 is 5.32 Å². The maximum atomic E-state index is 12.0. The number of carboxylic acid groups (broad SMARTS) is 1. The Labute approximate surface area is 114 Å². The fourth-order valence-corrected chi connectivity index (χ4v) is 4.31. The highest BCUT2D eigenvalue weighted by Gasteiger charge is 2.55. The molecule has 0 aromatic heterocycles. The lowest BCUT2D eigenvalue weighted by molar-refractivity contribution is -0.147. The summed E-state index contributed by atoms with van der Waals surface area (Å²) in [5.74, 6) is 0.603. The second kappa shape index (κ2) is 4.19. The Hall–Kier alpha value is -0.610. The summed E-state index contributed by atoms with van der Waals surface area (Å²) in [6, 6.07) is 1.14. The van der Waals surface area contributed by atoms with Crippen molar-refractivity contribution < 1.29 is 9.90 Å². The average molecular weight is 264 g/mol. The third-order valence-corrected chi connectivity index (χ3v) is 5.67. The van der Waals surface area contributed by atoms with Gasteiger partial charge in [-0.1, -0.05) is 0 Å². The topological polar surface area (TPSA) is 52.6 Å². The van der Waals surface area contributed by atoms with E-state index in [1.54, 1.807) is 0 Å². The van der Waals surface area contributed by atoms with E-state index in [4.69, 9.17) is 0 Å². The van der Waals surface area contributed by atoms with E-state index in [0.29, 0.717) is 18.0 Å². The summed E-state index contributed by atoms with van der Waals surface area (Å²) in [5.41, 5.74) is -0.647. The zero-order valence-corrected chi connectivity index (χ0v) is 11.5. The molecule has 3 saturated carbocycles. The maximum Gasteiger partial charge on any atom is 0.325 e. The number of aliphatic carboxylic acids is 1. The van der Waals surface area contributed by atoms with Gasteiger partial charge < -0.3 is 5.11 Å². The lowest BCUT2D eigenvalue weighted by atomic mass is 9.91. The molecule has 0 aromatic carbocycles. The maximum absolute atomic E-state index is 12.0. The van der Waals surface area contributed by atoms with E-state index in [-0.39, 0.29) is 0 Å². The predicted octanol–water partition coefficient (Wildman–Crippen LogP) is 1.46. The number of nitrogens with one attached hydrogen (secondary N) is 1. The minimum absolute atomic E-state index is 0.365. The summed E-state index contributed by atoms with van der Waals surface area (Å²) in [5, 5.41) is 13.4. The van der Waals surface area contributed by atoms with E-state index in [2.05, 4.69) is 10.2 Å². The van der Waals surface area contributed by atoms with Gasteiger partial charge in [-0.15, -0.1) is 0 Å². The summed E-state index contributed by atoms with van der Waals surface area (Å²) < 4.78 is 0. The molecule has 2 bridgehead atoms. The van der Waals surface area contributed by atoms with Crippen LogP contribution in [0.5, 0.6) is 0 Å². The van der Waals surface area contributed by atoms with E-state index >= 15 is 0 Å². The Kier molecular flexibility index (Phi) is 2.68. The number of carbonyl (C=O) groups is 1. The van der Waals surface area contributed by atoms with Gasteiger partial charge in [0.25, 0.3) is 0 Å². The standard InChI is InChI=1S/C15H24N2O2/c18-14(19)15(11-2-3-11,16-12-4-5-12)9-17-8-10-1-6-13(17)7-10/h10-13,16H,1-9H2,(H,18,19). The van der Waals surface area contributed by atoms with Crippen molar-refractivity contribution in [3.05, 3.63) is 0 Å². The lowest BCUT2D eigenvalue weighted by Gasteiger charge is -2.38. The molecule has 106 valence electrons. The normalized spacial score (nSPS) is 37.5. The summed E-state index contributed by atoms with van der Waals surface area (Å²) in [6.45, 7) is 1.88. The van der Waals surface area contributed by atoms with Crippen LogP contribution in [-0.4, -0.2) is 46.7 Å². The number of piperidine rings is 1. The van der Waals surface area contributed by atoms with Crippen molar-refractivity contribution in [1.29, 1.82) is 0 Å². The van der Waals surface area contributed by atoms with Crippen LogP contribution in [0.2, 0.25) is 0 Å². The Balaban J connectivity index is 1.53. The van der Waals surface area contributed by atoms with Crippen molar-refractivity contribution in [2.24, 2.45) is 11.8 Å². The second-order valence-corrected chi connectivity index (χ2v) is 7.23. The smallest absolute Gasteiger partial charge is 0.325 e. The van der Waals surface area contributed by atoms with Crippen molar-refractivity contribution in [1.82, 2.24) is 10.2 Å². The quantitative estimate of drug-likeness (QED) is 0.762. The van der Waals surface area contributed by atoms with Gasteiger partial charge in [-0.2, -0.15) is 0 Å². The molecule has 4 nitrogen and oxygen atoms in total. The SMILES string of the molecule is O=C(O)C(CN1CC2CCC1C2)(NC1CC1)C1CC1. The Morgan fingerprint density at radius 2 is 2.00 bits per heavy atom. The first kappa shape index (κ1) is 12.2. The molecule has 4 rings (SSSR count). The van der Waals surface area contributed by atoms with Gasteiger partial charge >= 0.3 is 5.97 Å². The van der Waals surface area contributed by atoms with E-state index in [0.717, 1.165) is 44.7 Å². The zero-order chi connectivity index (χ0) is 13.0. The third kappa shape index (κ3) is 2.09. The van der Waals surface area contributed by atoms with Crippen LogP contribution in [-0.2, 0) is 4.79 Å². The highest BCUT2D eigenvalue weighted by Crippen LogP contribution is 2.45. The fourth-order valence-electron chi connectivity index (χ4n) is 4.31. The van der Waals surface area contributed by atoms with Gasteiger partial charge in [-0.05, 0) is 56.8 Å². The van der Waals surface area contributed by atoms with Crippen LogP contribution in [0.4, 0.5) is 0 Å². The molecule has 3 unspecified atom stereocenters. The van der Waals surface area contributed by atoms with Gasteiger partial charge in [0.05, 0.1) is 0 Å². The van der Waals surface area contributed by atoms with Crippen molar-refractivity contribution in [3.63, 3.8) is 0 Å². The van der Waals surface area contributed by atoms with Crippen LogP contribution in [0.1, 0.15) is 44.9 Å². The molecular weight excluding hydrogens is 240 g/mol. The average Bonchev–Trinajstić information content (AvgIpc) is 3.29. The van der Waals surface area contributed by atoms with Gasteiger partial charge in [-0.3, -0.25) is 15.0 Å². The van der Waals surface area contributed by atoms with Crippen molar-refractivity contribution in [2.45, 2.75) is 62.6 Å². The number of likely N-dealkylation sites (tertiary alicyclic amines) is 1. The summed E-state index contributed by atoms with van der Waals surface area (Å²) >= 11 is 0. The van der Waals surface area contributed by atoms with Gasteiger partial charge in [-0.25, -0.2) is 0 Å². The molecule has 1 aliphatic heterocycles. The molecule has 1 saturated heterocycles. The molecule has 1 heterocycles. The second-order valence-electron chi connectivity index (χ2n) is 7.23. The van der Waals surface area contributed by atoms with Crippen molar-refractivity contribution in [2.75, 3.05) is 13.1 Å². The van der Waals surface area contributed by atoms with E-state index < -0.39 is 11.5 Å². The first-order valence-corrected chi connectivity index (χ1v) is 7.92. The monoisotopic (exact) mass is 264 g/mol. The Morgan fingerprint density at radius 1 is 1.21 bits per heavy atom. The molecule has 0 amide bonds. The molecule has 3 atom stereocenters. The number of nitrogens with zero attached hydrogens (tertiary/aromatic N) is 1. The van der Waals surface area contributed by atoms with Gasteiger partial charge in [0.2, 0.25) is 0 Å². The van der Waals surface area contributed by atoms with E-state index in [1.165, 1.54) is 19.3 Å². The van der Waals surface area contributed by atoms with Gasteiger partial charge in [0.15, 0.2) is 0 Å². The number of hydrogen-bond acceptors (Lipinski definition) is 3. The van der Waals surface area contributed by atoms with Crippen molar-refractivity contribution in [3.8, 4) is 0 Å². The first-order valence-electron chi connectivity index (χ1n) is 7.92. The van der Waals surface area contributed by atoms with Crippen LogP contribution in [0.15, 0.2) is 0 Å². The summed E-state index contributed by atoms with van der Waals surface area (Å²) in [7, 11) is 0. The predicted molar refractivity (Wildman–Crippen MR) is 72.0 cm³/mol. The molecule has 3 aliphatic carbocycles. The van der Waals surface area contributed by atoms with E-state index in [1.807, 2.05) is 0 Å². The number of carboxylic acids is 1. The summed E-state index contributed by atoms with van der Waals surface area (Å²) in [6.07, 6.45) is 8.46. The molecular formula is C15H24N2O2. The molecule has 0 aromatic rings.